The van der Waals surface area contributed by atoms with Crippen molar-refractivity contribution in [3.8, 4) is 52.8 Å². The number of likely N-dealkylation sites (tertiary alicyclic amines) is 2. The van der Waals surface area contributed by atoms with Crippen molar-refractivity contribution < 1.29 is 131 Å². The van der Waals surface area contributed by atoms with Crippen molar-refractivity contribution in [2.45, 2.75) is 174 Å². The van der Waals surface area contributed by atoms with Crippen LogP contribution in [0.2, 0.25) is 0 Å². The highest BCUT2D eigenvalue weighted by Crippen LogP contribution is 2.38. The fraction of sp³-hybridized carbons (Fsp3) is 0.442. The SMILES string of the molecule is CC(C)(C)OC(=O)CCC(=O)O.COc1cc(S(C)(=O)=O)ccc1NCC#Cc1cc2c(N[C@@H]3CCN(C(=O)CN)C[C@@H]3F)cccc2n1CC(F)(F)F.COc1cc(S(C)(=O)=O)ccc1NCC#Cc1cc2c(N[C@@H]3CCN(C(=O)CNC(=O)OC(C)(C)C)C[C@@H]3F)cccc2n1CC(F)(F)F.COc1cc(S(C)(=O)=O)ccc1NCC#Cc1cc2c(N[C@@H]3CCNC[C@@H]3F)cccc2n1CC(F)(F)F. The molecule has 31 nitrogen and oxygen atoms in total. The largest absolute Gasteiger partial charge is 0.495 e. The molecule has 0 radical (unpaired) electrons. The molecule has 6 aromatic carbocycles. The van der Waals surface area contributed by atoms with E-state index in [1.165, 1.54) is 104 Å². The van der Waals surface area contributed by atoms with Crippen molar-refractivity contribution in [3.63, 3.8) is 0 Å². The highest BCUT2D eigenvalue weighted by Gasteiger charge is 2.38. The predicted molar refractivity (Wildman–Crippen MR) is 511 cm³/mol. The van der Waals surface area contributed by atoms with Gasteiger partial charge in [0.2, 0.25) is 11.8 Å². The molecule has 3 fully saturated rings. The zero-order valence-electron chi connectivity index (χ0n) is 79.1. The minimum atomic E-state index is -4.56. The van der Waals surface area contributed by atoms with Gasteiger partial charge in [-0.05, 0) is 176 Å². The Morgan fingerprint density at radius 3 is 1.10 bits per heavy atom. The summed E-state index contributed by atoms with van der Waals surface area (Å²) in [7, 11) is -6.18. The van der Waals surface area contributed by atoms with Crippen LogP contribution in [-0.2, 0) is 77.8 Å². The Morgan fingerprint density at radius 1 is 0.461 bits per heavy atom. The molecule has 0 unspecified atom stereocenters. The van der Waals surface area contributed by atoms with Gasteiger partial charge in [-0.2, -0.15) is 39.5 Å². The lowest BCUT2D eigenvalue weighted by atomic mass is 10.0. The van der Waals surface area contributed by atoms with E-state index in [0.29, 0.717) is 87.5 Å². The predicted octanol–water partition coefficient (Wildman–Crippen LogP) is 13.7. The number of hydrogen-bond acceptors (Lipinski definition) is 24. The molecule has 0 aliphatic carbocycles. The first-order chi connectivity index (χ1) is 65.9. The number of carbonyl (C=O) groups excluding carboxylic acids is 4. The number of fused-ring (bicyclic) bond motifs is 3. The van der Waals surface area contributed by atoms with Crippen LogP contribution in [0.25, 0.3) is 32.7 Å². The summed E-state index contributed by atoms with van der Waals surface area (Å²) in [6.07, 6.45) is -14.3. The van der Waals surface area contributed by atoms with E-state index in [9.17, 15) is 97.5 Å². The summed E-state index contributed by atoms with van der Waals surface area (Å²) in [5, 5.41) is 33.4. The highest BCUT2D eigenvalue weighted by molar-refractivity contribution is 7.91. The van der Waals surface area contributed by atoms with Gasteiger partial charge in [-0.3, -0.25) is 19.2 Å². The van der Waals surface area contributed by atoms with Gasteiger partial charge in [-0.1, -0.05) is 36.0 Å². The van der Waals surface area contributed by atoms with Gasteiger partial charge >= 0.3 is 36.6 Å². The van der Waals surface area contributed by atoms with Crippen molar-refractivity contribution in [3.05, 3.63) is 144 Å². The van der Waals surface area contributed by atoms with E-state index >= 15 is 4.39 Å². The molecule has 6 heterocycles. The number of piperidine rings is 3. The molecule has 6 atom stereocenters. The summed E-state index contributed by atoms with van der Waals surface area (Å²) in [4.78, 5) is 60.2. The van der Waals surface area contributed by atoms with Gasteiger partial charge in [0.25, 0.3) is 0 Å². The molecule has 3 saturated heterocycles. The van der Waals surface area contributed by atoms with Crippen LogP contribution in [0.1, 0.15) is 90.7 Å². The molecule has 9 aromatic rings. The number of alkyl carbamates (subject to hydrolysis) is 1. The number of ether oxygens (including phenoxy) is 5. The normalized spacial score (nSPS) is 16.8. The number of sulfone groups is 3. The molecular weight excluding hydrogens is 1930 g/mol. The number of alkyl halides is 12. The number of anilines is 6. The molecule has 766 valence electrons. The summed E-state index contributed by atoms with van der Waals surface area (Å²) < 4.78 is 267. The first kappa shape index (κ1) is 112. The third kappa shape index (κ3) is 33.6. The van der Waals surface area contributed by atoms with Gasteiger partial charge in [0.15, 0.2) is 29.5 Å². The maximum absolute atomic E-state index is 15.4. The fourth-order valence-electron chi connectivity index (χ4n) is 15.0. The number of aliphatic carboxylic acids is 1. The van der Waals surface area contributed by atoms with Gasteiger partial charge in [0.05, 0.1) is 157 Å². The monoisotopic (exact) mass is 2040 g/mol. The van der Waals surface area contributed by atoms with Crippen LogP contribution in [-0.4, -0.2) is 262 Å². The molecule has 11 N–H and O–H groups in total. The van der Waals surface area contributed by atoms with Crippen LogP contribution in [0.4, 0.5) is 91.6 Å². The van der Waals surface area contributed by atoms with E-state index in [2.05, 4.69) is 78.1 Å². The highest BCUT2D eigenvalue weighted by atomic mass is 32.2. The minimum absolute atomic E-state index is 0.00134. The summed E-state index contributed by atoms with van der Waals surface area (Å²) in [5.74, 6) is 15.4. The molecule has 0 bridgehead atoms. The number of carboxylic acids is 1. The van der Waals surface area contributed by atoms with E-state index in [0.717, 1.165) is 32.5 Å². The van der Waals surface area contributed by atoms with E-state index in [-0.39, 0.29) is 138 Å². The average molecular weight is 2050 g/mol. The van der Waals surface area contributed by atoms with E-state index in [4.69, 9.17) is 34.5 Å². The van der Waals surface area contributed by atoms with Crippen molar-refractivity contribution in [2.24, 2.45) is 5.73 Å². The first-order valence-corrected chi connectivity index (χ1v) is 49.6. The van der Waals surface area contributed by atoms with E-state index in [1.54, 1.807) is 96.1 Å². The Hall–Kier alpha value is -13.1. The van der Waals surface area contributed by atoms with Crippen LogP contribution >= 0.6 is 0 Å². The Kier molecular flexibility index (Phi) is 37.9. The summed E-state index contributed by atoms with van der Waals surface area (Å²) in [6.45, 7) is 7.02. The van der Waals surface area contributed by atoms with Crippen molar-refractivity contribution in [1.82, 2.24) is 34.1 Å². The lowest BCUT2D eigenvalue weighted by Crippen LogP contribution is -2.52. The van der Waals surface area contributed by atoms with Crippen LogP contribution in [0, 0.1) is 35.5 Å². The van der Waals surface area contributed by atoms with Crippen LogP contribution in [0.5, 0.6) is 17.2 Å². The van der Waals surface area contributed by atoms with Gasteiger partial charge < -0.3 is 101 Å². The van der Waals surface area contributed by atoms with Gasteiger partial charge in [0.1, 0.15) is 73.1 Å². The maximum Gasteiger partial charge on any atom is 0.408 e. The third-order valence-corrected chi connectivity index (χ3v) is 24.9. The Labute approximate surface area is 808 Å². The first-order valence-electron chi connectivity index (χ1n) is 43.9. The number of aromatic nitrogens is 3. The molecule has 0 spiro atoms. The molecule has 0 saturated carbocycles. The smallest absolute Gasteiger partial charge is 0.408 e. The van der Waals surface area contributed by atoms with Gasteiger partial charge in [0, 0.05) is 89.8 Å². The molecular formula is C95H112F12N14O17S3. The molecule has 3 aliphatic rings. The second-order valence-electron chi connectivity index (χ2n) is 34.9. The number of amides is 3. The molecule has 12 rings (SSSR count). The van der Waals surface area contributed by atoms with Crippen molar-refractivity contribution in [2.75, 3.05) is 144 Å². The lowest BCUT2D eigenvalue weighted by Gasteiger charge is -2.35. The number of halogens is 12. The number of benzene rings is 6. The van der Waals surface area contributed by atoms with Gasteiger partial charge in [-0.15, -0.1) is 0 Å². The summed E-state index contributed by atoms with van der Waals surface area (Å²) in [6, 6.07) is 30.1. The van der Waals surface area contributed by atoms with Crippen LogP contribution in [0.3, 0.4) is 0 Å². The Morgan fingerprint density at radius 2 is 0.801 bits per heavy atom. The Balaban J connectivity index is 0.000000224. The number of nitrogens with one attached hydrogen (secondary N) is 8. The number of carbonyl (C=O) groups is 5. The molecule has 3 amide bonds. The fourth-order valence-corrected chi connectivity index (χ4v) is 16.9. The van der Waals surface area contributed by atoms with E-state index in [1.807, 2.05) is 0 Å². The standard InChI is InChI=1S/C33H39F4N5O6S.C28H31F4N5O4S.C26H28F4N4O3S.C8H14O4/c1-32(2,3)48-31(44)39-18-30(43)41-15-13-26(24(34)19-41)40-25-9-6-10-28-23(25)16-21(42(28)20-33(35,36)37)8-7-14-38-27-12-11-22(49(5,45)46)17-29(27)47-4;1-41-26-14-19(42(2,39)40)8-9-24(26)34-11-4-5-18-13-20-22(6-3-7-25(20)37(18)17-28(30,31)32)35-23-10-12-36(16-21(23)29)27(38)15-33;1-37-25-14-18(38(2,35)36)8-9-23(25)32-11-4-5-17-13-19-21(33-22-10-12-31-15-20(22)27)6-3-7-24(19)34(17)16-26(28,29)30;1-8(2,3)12-7(11)5-4-6(9)10/h6,9-12,16-17,24,26,38,40H,13-15,18-20H2,1-5H3,(H,39,44);3,6-9,13-14,21,23,34-35H,10-12,15-17,33H2,1-2H3;3,6-9,13-14,20,22,31-33H,10-12,15-16H2,1-2H3;4-5H2,1-3H3,(H,9,10)/t24-,26+;21-,23+;20-,22+;/m000./s1. The number of nitrogens with zero attached hydrogens (tertiary/aromatic N) is 5. The molecule has 141 heavy (non-hydrogen) atoms. The summed E-state index contributed by atoms with van der Waals surface area (Å²) >= 11 is 0. The Bertz CT molecular complexity index is 6550. The van der Waals surface area contributed by atoms with E-state index < -0.39 is 139 Å². The minimum Gasteiger partial charge on any atom is -0.495 e. The third-order valence-electron chi connectivity index (χ3n) is 21.5. The number of methoxy groups -OCH3 is 3. The van der Waals surface area contributed by atoms with Crippen LogP contribution < -0.4 is 62.5 Å². The molecule has 46 heteroatoms. The number of esters is 1. The van der Waals surface area contributed by atoms with Crippen LogP contribution in [0.15, 0.2) is 142 Å². The molecule has 3 aliphatic heterocycles. The van der Waals surface area contributed by atoms with Gasteiger partial charge in [-0.25, -0.2) is 43.2 Å². The molecule has 3 aromatic heterocycles. The number of nitrogens with two attached hydrogens (primary N) is 1. The second-order valence-corrected chi connectivity index (χ2v) is 40.9. The van der Waals surface area contributed by atoms with Crippen molar-refractivity contribution in [1.29, 1.82) is 0 Å². The topological polar surface area (TPSA) is 398 Å². The maximum atomic E-state index is 15.4. The second kappa shape index (κ2) is 47.9. The van der Waals surface area contributed by atoms with Crippen molar-refractivity contribution >= 4 is 126 Å². The average Bonchev–Trinajstić information content (AvgIpc) is 1.63. The quantitative estimate of drug-likeness (QED) is 0.0130. The summed E-state index contributed by atoms with van der Waals surface area (Å²) in [5.41, 5.74) is 8.13. The number of rotatable bonds is 27. The number of hydrogen-bond donors (Lipinski definition) is 10. The zero-order valence-corrected chi connectivity index (χ0v) is 81.5. The zero-order chi connectivity index (χ0) is 104. The number of carboxylic acid groups (broad SMARTS) is 1. The lowest BCUT2D eigenvalue weighted by molar-refractivity contribution is -0.157.